The van der Waals surface area contributed by atoms with E-state index in [1.165, 1.54) is 19.1 Å². The van der Waals surface area contributed by atoms with Crippen molar-refractivity contribution in [1.82, 2.24) is 0 Å². The number of aryl methyl sites for hydroxylation is 1. The highest BCUT2D eigenvalue weighted by atomic mass is 19.3. The average molecular weight is 400 g/mol. The summed E-state index contributed by atoms with van der Waals surface area (Å²) in [5.41, 5.74) is -1.65. The molecule has 1 nitrogen and oxygen atoms in total. The van der Waals surface area contributed by atoms with Crippen LogP contribution in [0.1, 0.15) is 11.1 Å². The van der Waals surface area contributed by atoms with Crippen molar-refractivity contribution in [3.8, 4) is 16.9 Å². The first-order valence-corrected chi connectivity index (χ1v) is 7.87. The predicted octanol–water partition coefficient (Wildman–Crippen LogP) is 6.49. The van der Waals surface area contributed by atoms with Crippen LogP contribution in [0.4, 0.5) is 30.7 Å². The SMILES string of the molecule is Cc1ccc(-c2ccc(C(F)(F)Oc3ccc(F)c(F)c3)c(F)c2)c(F)c1F. The molecule has 0 saturated carbocycles. The number of alkyl halides is 2. The second kappa shape index (κ2) is 7.18. The molecule has 0 N–H and O–H groups in total. The van der Waals surface area contributed by atoms with Crippen LogP contribution >= 0.6 is 0 Å². The van der Waals surface area contributed by atoms with E-state index < -0.39 is 46.5 Å². The van der Waals surface area contributed by atoms with E-state index in [-0.39, 0.29) is 16.7 Å². The molecule has 0 aliphatic carbocycles. The van der Waals surface area contributed by atoms with Crippen molar-refractivity contribution in [2.75, 3.05) is 0 Å². The molecular formula is C20H11F7O. The summed E-state index contributed by atoms with van der Waals surface area (Å²) in [6.07, 6.45) is -4.23. The number of hydrogen-bond donors (Lipinski definition) is 0. The Morgan fingerprint density at radius 3 is 2.07 bits per heavy atom. The van der Waals surface area contributed by atoms with Crippen molar-refractivity contribution in [3.05, 3.63) is 88.7 Å². The zero-order valence-corrected chi connectivity index (χ0v) is 14.2. The molecule has 0 fully saturated rings. The Bertz CT molecular complexity index is 1050. The van der Waals surface area contributed by atoms with Gasteiger partial charge in [0.1, 0.15) is 11.6 Å². The van der Waals surface area contributed by atoms with Crippen LogP contribution in [0, 0.1) is 36.0 Å². The second-order valence-electron chi connectivity index (χ2n) is 5.95. The monoisotopic (exact) mass is 400 g/mol. The van der Waals surface area contributed by atoms with Crippen molar-refractivity contribution in [1.29, 1.82) is 0 Å². The van der Waals surface area contributed by atoms with E-state index in [0.717, 1.165) is 12.1 Å². The molecule has 0 spiro atoms. The summed E-state index contributed by atoms with van der Waals surface area (Å²) in [7, 11) is 0. The fourth-order valence-corrected chi connectivity index (χ4v) is 2.53. The fraction of sp³-hybridized carbons (Fsp3) is 0.100. The van der Waals surface area contributed by atoms with Gasteiger partial charge in [0.2, 0.25) is 0 Å². The maximum Gasteiger partial charge on any atom is 0.429 e. The zero-order valence-electron chi connectivity index (χ0n) is 14.2. The predicted molar refractivity (Wildman–Crippen MR) is 87.4 cm³/mol. The van der Waals surface area contributed by atoms with Crippen molar-refractivity contribution < 1.29 is 35.5 Å². The van der Waals surface area contributed by atoms with E-state index in [4.69, 9.17) is 0 Å². The van der Waals surface area contributed by atoms with Gasteiger partial charge in [-0.1, -0.05) is 18.2 Å². The van der Waals surface area contributed by atoms with Crippen molar-refractivity contribution >= 4 is 0 Å². The van der Waals surface area contributed by atoms with Gasteiger partial charge in [0.05, 0.1) is 5.56 Å². The maximum absolute atomic E-state index is 14.3. The zero-order chi connectivity index (χ0) is 20.6. The molecule has 3 aromatic rings. The minimum Gasteiger partial charge on any atom is -0.429 e. The van der Waals surface area contributed by atoms with Gasteiger partial charge in [0.15, 0.2) is 23.3 Å². The van der Waals surface area contributed by atoms with Crippen LogP contribution in [0.15, 0.2) is 48.5 Å². The van der Waals surface area contributed by atoms with Crippen LogP contribution in [0.2, 0.25) is 0 Å². The summed E-state index contributed by atoms with van der Waals surface area (Å²) in [4.78, 5) is 0. The molecule has 0 bridgehead atoms. The number of benzene rings is 3. The topological polar surface area (TPSA) is 9.23 Å². The van der Waals surface area contributed by atoms with E-state index in [2.05, 4.69) is 4.74 Å². The number of rotatable bonds is 4. The lowest BCUT2D eigenvalue weighted by atomic mass is 10.0. The second-order valence-corrected chi connectivity index (χ2v) is 5.95. The van der Waals surface area contributed by atoms with E-state index in [1.807, 2.05) is 0 Å². The first kappa shape index (κ1) is 19.7. The molecule has 0 aliphatic heterocycles. The third-order valence-corrected chi connectivity index (χ3v) is 4.01. The van der Waals surface area contributed by atoms with Crippen LogP contribution in [-0.4, -0.2) is 0 Å². The lowest BCUT2D eigenvalue weighted by molar-refractivity contribution is -0.187. The van der Waals surface area contributed by atoms with Gasteiger partial charge < -0.3 is 4.74 Å². The van der Waals surface area contributed by atoms with Crippen molar-refractivity contribution in [3.63, 3.8) is 0 Å². The molecule has 0 aliphatic rings. The number of halogens is 7. The Kier molecular flexibility index (Phi) is 5.06. The standard InChI is InChI=1S/C20H11F7O/c1-10-2-5-13(19(25)18(10)24)11-3-6-14(16(22)8-11)20(26,27)28-12-4-7-15(21)17(23)9-12/h2-9H,1H3. The molecule has 0 aromatic heterocycles. The third-order valence-electron chi connectivity index (χ3n) is 4.01. The van der Waals surface area contributed by atoms with Crippen LogP contribution in [0.5, 0.6) is 5.75 Å². The molecule has 0 radical (unpaired) electrons. The molecule has 8 heteroatoms. The minimum absolute atomic E-state index is 0.0322. The van der Waals surface area contributed by atoms with Crippen LogP contribution in [-0.2, 0) is 6.11 Å². The molecule has 3 aromatic carbocycles. The van der Waals surface area contributed by atoms with Gasteiger partial charge in [-0.3, -0.25) is 0 Å². The number of hydrogen-bond acceptors (Lipinski definition) is 1. The number of ether oxygens (including phenoxy) is 1. The Morgan fingerprint density at radius 1 is 0.714 bits per heavy atom. The molecule has 0 amide bonds. The highest BCUT2D eigenvalue weighted by molar-refractivity contribution is 5.65. The molecule has 0 heterocycles. The molecule has 3 rings (SSSR count). The van der Waals surface area contributed by atoms with Gasteiger partial charge in [-0.05, 0) is 42.3 Å². The summed E-state index contributed by atoms with van der Waals surface area (Å²) in [5, 5.41) is 0. The molecule has 146 valence electrons. The Labute approximate surface area is 155 Å². The molecular weight excluding hydrogens is 389 g/mol. The van der Waals surface area contributed by atoms with Gasteiger partial charge in [0, 0.05) is 11.6 Å². The smallest absolute Gasteiger partial charge is 0.429 e. The molecule has 0 atom stereocenters. The summed E-state index contributed by atoms with van der Waals surface area (Å²) in [5.74, 6) is -7.23. The quantitative estimate of drug-likeness (QED) is 0.455. The third kappa shape index (κ3) is 3.67. The summed E-state index contributed by atoms with van der Waals surface area (Å²) >= 11 is 0. The molecule has 0 saturated heterocycles. The lowest BCUT2D eigenvalue weighted by Gasteiger charge is -2.19. The Balaban J connectivity index is 1.95. The fourth-order valence-electron chi connectivity index (χ4n) is 2.53. The van der Waals surface area contributed by atoms with Crippen LogP contribution < -0.4 is 4.74 Å². The van der Waals surface area contributed by atoms with E-state index in [9.17, 15) is 30.7 Å². The normalized spacial score (nSPS) is 11.6. The van der Waals surface area contributed by atoms with E-state index in [1.54, 1.807) is 0 Å². The van der Waals surface area contributed by atoms with Gasteiger partial charge in [0.25, 0.3) is 0 Å². The minimum atomic E-state index is -4.23. The highest BCUT2D eigenvalue weighted by Gasteiger charge is 2.38. The van der Waals surface area contributed by atoms with Gasteiger partial charge in [-0.2, -0.15) is 8.78 Å². The Morgan fingerprint density at radius 2 is 1.43 bits per heavy atom. The van der Waals surface area contributed by atoms with Crippen molar-refractivity contribution in [2.24, 2.45) is 0 Å². The Hall–Kier alpha value is -3.03. The molecule has 28 heavy (non-hydrogen) atoms. The average Bonchev–Trinajstić information content (AvgIpc) is 2.62. The van der Waals surface area contributed by atoms with Gasteiger partial charge in [-0.25, -0.2) is 22.0 Å². The molecule has 0 unspecified atom stereocenters. The van der Waals surface area contributed by atoms with Gasteiger partial charge in [-0.15, -0.1) is 0 Å². The van der Waals surface area contributed by atoms with Crippen LogP contribution in [0.25, 0.3) is 11.1 Å². The van der Waals surface area contributed by atoms with E-state index in [0.29, 0.717) is 24.3 Å². The summed E-state index contributed by atoms with van der Waals surface area (Å²) in [6, 6.07) is 6.39. The van der Waals surface area contributed by atoms with Crippen LogP contribution in [0.3, 0.4) is 0 Å². The highest BCUT2D eigenvalue weighted by Crippen LogP contribution is 2.36. The first-order valence-electron chi connectivity index (χ1n) is 7.87. The maximum atomic E-state index is 14.3. The van der Waals surface area contributed by atoms with Gasteiger partial charge >= 0.3 is 6.11 Å². The van der Waals surface area contributed by atoms with E-state index >= 15 is 0 Å². The largest absolute Gasteiger partial charge is 0.429 e. The summed E-state index contributed by atoms with van der Waals surface area (Å²) in [6.45, 7) is 1.34. The summed E-state index contributed by atoms with van der Waals surface area (Å²) < 4.78 is 101. The van der Waals surface area contributed by atoms with Crippen molar-refractivity contribution in [2.45, 2.75) is 13.0 Å². The first-order chi connectivity index (χ1) is 13.1. The lowest BCUT2D eigenvalue weighted by Crippen LogP contribution is -2.23.